The van der Waals surface area contributed by atoms with Gasteiger partial charge in [0.15, 0.2) is 0 Å². The molecule has 1 aliphatic rings. The molecule has 2 aromatic rings. The summed E-state index contributed by atoms with van der Waals surface area (Å²) in [5.74, 6) is 1.99. The smallest absolute Gasteiger partial charge is 0.123 e. The molecule has 0 amide bonds. The number of hydrogen-bond acceptors (Lipinski definition) is 5. The molecule has 3 heterocycles. The molecule has 0 aromatic carbocycles. The van der Waals surface area contributed by atoms with E-state index in [1.807, 2.05) is 11.6 Å². The molecule has 1 atom stereocenters. The van der Waals surface area contributed by atoms with E-state index in [1.165, 1.54) is 5.56 Å². The molecule has 6 nitrogen and oxygen atoms in total. The zero-order valence-corrected chi connectivity index (χ0v) is 14.8. The first-order valence-corrected chi connectivity index (χ1v) is 8.68. The number of aromatic nitrogens is 2. The monoisotopic (exact) mass is 333 g/mol. The summed E-state index contributed by atoms with van der Waals surface area (Å²) in [7, 11) is 0. The molecule has 1 fully saturated rings. The van der Waals surface area contributed by atoms with Crippen molar-refractivity contribution in [2.45, 2.75) is 46.3 Å². The number of ether oxygens (including phenoxy) is 1. The van der Waals surface area contributed by atoms with Crippen LogP contribution in [0.2, 0.25) is 0 Å². The lowest BCUT2D eigenvalue weighted by Crippen LogP contribution is -2.39. The Labute approximate surface area is 143 Å². The zero-order chi connectivity index (χ0) is 17.1. The largest absolute Gasteiger partial charge is 0.464 e. The maximum Gasteiger partial charge on any atom is 0.123 e. The molecule has 0 radical (unpaired) electrons. The zero-order valence-electron chi connectivity index (χ0n) is 14.8. The molecular weight excluding hydrogens is 306 g/mol. The van der Waals surface area contributed by atoms with Gasteiger partial charge in [-0.05, 0) is 26.0 Å². The third-order valence-corrected chi connectivity index (χ3v) is 4.80. The first-order chi connectivity index (χ1) is 11.6. The van der Waals surface area contributed by atoms with Gasteiger partial charge in [0.25, 0.3) is 0 Å². The highest BCUT2D eigenvalue weighted by Crippen LogP contribution is 2.29. The number of aliphatic hydroxyl groups excluding tert-OH is 1. The van der Waals surface area contributed by atoms with Crippen LogP contribution in [0.3, 0.4) is 0 Å². The van der Waals surface area contributed by atoms with Gasteiger partial charge in [-0.25, -0.2) is 0 Å². The van der Waals surface area contributed by atoms with Crippen LogP contribution in [0.4, 0.5) is 0 Å². The second kappa shape index (κ2) is 7.51. The maximum absolute atomic E-state index is 9.18. The van der Waals surface area contributed by atoms with Crippen molar-refractivity contribution in [3.63, 3.8) is 0 Å². The van der Waals surface area contributed by atoms with E-state index < -0.39 is 0 Å². The molecule has 2 aromatic heterocycles. The van der Waals surface area contributed by atoms with Crippen molar-refractivity contribution in [2.24, 2.45) is 0 Å². The first-order valence-electron chi connectivity index (χ1n) is 8.68. The lowest BCUT2D eigenvalue weighted by atomic mass is 10.1. The molecular formula is C18H27N3O3. The molecule has 1 saturated heterocycles. The van der Waals surface area contributed by atoms with Crippen LogP contribution in [0.25, 0.3) is 0 Å². The van der Waals surface area contributed by atoms with Gasteiger partial charge in [-0.15, -0.1) is 0 Å². The van der Waals surface area contributed by atoms with E-state index >= 15 is 0 Å². The lowest BCUT2D eigenvalue weighted by Gasteiger charge is -2.34. The van der Waals surface area contributed by atoms with Crippen molar-refractivity contribution in [1.82, 2.24) is 14.7 Å². The third kappa shape index (κ3) is 3.41. The van der Waals surface area contributed by atoms with Gasteiger partial charge in [-0.3, -0.25) is 9.58 Å². The molecule has 132 valence electrons. The molecule has 0 aliphatic carbocycles. The standard InChI is InChI=1S/C18H27N3O3/c1-4-15-5-6-18(24-15)17-12-23-10-8-20(17)11-16-13(2)19-21(7-9-22)14(16)3/h5-6,17,22H,4,7-12H2,1-3H3. The van der Waals surface area contributed by atoms with Gasteiger partial charge < -0.3 is 14.3 Å². The van der Waals surface area contributed by atoms with E-state index in [0.717, 1.165) is 49.0 Å². The normalized spacial score (nSPS) is 19.1. The molecule has 3 rings (SSSR count). The molecule has 0 saturated carbocycles. The van der Waals surface area contributed by atoms with Gasteiger partial charge in [-0.2, -0.15) is 5.10 Å². The van der Waals surface area contributed by atoms with Crippen molar-refractivity contribution >= 4 is 0 Å². The quantitative estimate of drug-likeness (QED) is 0.878. The van der Waals surface area contributed by atoms with E-state index in [0.29, 0.717) is 13.2 Å². The summed E-state index contributed by atoms with van der Waals surface area (Å²) < 4.78 is 13.6. The highest BCUT2D eigenvalue weighted by atomic mass is 16.5. The molecule has 24 heavy (non-hydrogen) atoms. The van der Waals surface area contributed by atoms with Crippen molar-refractivity contribution in [2.75, 3.05) is 26.4 Å². The Hall–Kier alpha value is -1.63. The lowest BCUT2D eigenvalue weighted by molar-refractivity contribution is -0.0207. The first kappa shape index (κ1) is 17.2. The number of hydrogen-bond donors (Lipinski definition) is 1. The van der Waals surface area contributed by atoms with Gasteiger partial charge in [0.1, 0.15) is 11.5 Å². The van der Waals surface area contributed by atoms with Gasteiger partial charge in [0.2, 0.25) is 0 Å². The van der Waals surface area contributed by atoms with Crippen LogP contribution in [0.15, 0.2) is 16.5 Å². The Morgan fingerprint density at radius 3 is 2.88 bits per heavy atom. The average molecular weight is 333 g/mol. The van der Waals surface area contributed by atoms with Gasteiger partial charge in [0, 0.05) is 30.8 Å². The summed E-state index contributed by atoms with van der Waals surface area (Å²) in [6.45, 7) is 9.93. The molecule has 1 N–H and O–H groups in total. The van der Waals surface area contributed by atoms with Crippen molar-refractivity contribution < 1.29 is 14.3 Å². The van der Waals surface area contributed by atoms with Crippen LogP contribution >= 0.6 is 0 Å². The fourth-order valence-corrected chi connectivity index (χ4v) is 3.33. The second-order valence-corrected chi connectivity index (χ2v) is 6.31. The molecule has 0 spiro atoms. The minimum atomic E-state index is 0.105. The Morgan fingerprint density at radius 2 is 2.17 bits per heavy atom. The van der Waals surface area contributed by atoms with Gasteiger partial charge in [-0.1, -0.05) is 6.92 Å². The predicted molar refractivity (Wildman–Crippen MR) is 90.8 cm³/mol. The summed E-state index contributed by atoms with van der Waals surface area (Å²) >= 11 is 0. The van der Waals surface area contributed by atoms with E-state index in [2.05, 4.69) is 36.0 Å². The van der Waals surface area contributed by atoms with Gasteiger partial charge >= 0.3 is 0 Å². The van der Waals surface area contributed by atoms with Crippen LogP contribution in [0, 0.1) is 13.8 Å². The summed E-state index contributed by atoms with van der Waals surface area (Å²) in [5, 5.41) is 13.7. The van der Waals surface area contributed by atoms with Crippen LogP contribution < -0.4 is 0 Å². The second-order valence-electron chi connectivity index (χ2n) is 6.31. The molecule has 1 aliphatic heterocycles. The minimum Gasteiger partial charge on any atom is -0.464 e. The fourth-order valence-electron chi connectivity index (χ4n) is 3.33. The Morgan fingerprint density at radius 1 is 1.33 bits per heavy atom. The summed E-state index contributed by atoms with van der Waals surface area (Å²) in [4.78, 5) is 2.40. The average Bonchev–Trinajstić information content (AvgIpc) is 3.16. The number of aryl methyl sites for hydroxylation is 2. The van der Waals surface area contributed by atoms with Crippen molar-refractivity contribution in [1.29, 1.82) is 0 Å². The van der Waals surface area contributed by atoms with E-state index in [9.17, 15) is 5.11 Å². The topological polar surface area (TPSA) is 63.7 Å². The third-order valence-electron chi connectivity index (χ3n) is 4.80. The van der Waals surface area contributed by atoms with E-state index in [4.69, 9.17) is 9.15 Å². The molecule has 6 heteroatoms. The molecule has 1 unspecified atom stereocenters. The Balaban J connectivity index is 1.81. The summed E-state index contributed by atoms with van der Waals surface area (Å²) in [6, 6.07) is 4.26. The maximum atomic E-state index is 9.18. The predicted octanol–water partition coefficient (Wildman–Crippen LogP) is 2.22. The van der Waals surface area contributed by atoms with Crippen LogP contribution in [-0.2, 0) is 24.2 Å². The fraction of sp³-hybridized carbons (Fsp3) is 0.611. The number of furan rings is 1. The Kier molecular flexibility index (Phi) is 5.38. The number of aliphatic hydroxyl groups is 1. The van der Waals surface area contributed by atoms with Crippen molar-refractivity contribution in [3.05, 3.63) is 40.6 Å². The Bertz CT molecular complexity index is 677. The van der Waals surface area contributed by atoms with Crippen LogP contribution in [0.5, 0.6) is 0 Å². The highest BCUT2D eigenvalue weighted by molar-refractivity contribution is 5.25. The van der Waals surface area contributed by atoms with E-state index in [-0.39, 0.29) is 12.6 Å². The summed E-state index contributed by atoms with van der Waals surface area (Å²) in [6.07, 6.45) is 0.903. The number of morpholine rings is 1. The molecule has 0 bridgehead atoms. The van der Waals surface area contributed by atoms with Crippen LogP contribution in [0.1, 0.15) is 41.4 Å². The highest BCUT2D eigenvalue weighted by Gasteiger charge is 2.28. The SMILES string of the molecule is CCc1ccc(C2COCCN2Cc2c(C)nn(CCO)c2C)o1. The van der Waals surface area contributed by atoms with Crippen LogP contribution in [-0.4, -0.2) is 46.2 Å². The summed E-state index contributed by atoms with van der Waals surface area (Å²) in [5.41, 5.74) is 3.39. The van der Waals surface area contributed by atoms with Crippen molar-refractivity contribution in [3.8, 4) is 0 Å². The minimum absolute atomic E-state index is 0.105. The number of nitrogens with zero attached hydrogens (tertiary/aromatic N) is 3. The number of rotatable bonds is 6. The van der Waals surface area contributed by atoms with E-state index in [1.54, 1.807) is 0 Å². The van der Waals surface area contributed by atoms with Gasteiger partial charge in [0.05, 0.1) is 38.1 Å².